The summed E-state index contributed by atoms with van der Waals surface area (Å²) in [6.45, 7) is 2.97. The molecule has 144 valence electrons. The van der Waals surface area contributed by atoms with Gasteiger partial charge in [0.25, 0.3) is 0 Å². The minimum Gasteiger partial charge on any atom is -0.312 e. The maximum Gasteiger partial charge on any atom is 0.223 e. The molecule has 0 unspecified atom stereocenters. The summed E-state index contributed by atoms with van der Waals surface area (Å²) >= 11 is 0. The van der Waals surface area contributed by atoms with Crippen LogP contribution >= 0.6 is 0 Å². The second kappa shape index (κ2) is 9.32. The van der Waals surface area contributed by atoms with Crippen LogP contribution < -0.4 is 9.80 Å². The summed E-state index contributed by atoms with van der Waals surface area (Å²) in [5, 5.41) is 0. The molecule has 0 aromatic heterocycles. The topological polar surface area (TPSA) is 74.8 Å². The fourth-order valence-corrected chi connectivity index (χ4v) is 3.84. The minimum absolute atomic E-state index is 0.0765. The molecule has 7 heteroatoms. The van der Waals surface area contributed by atoms with Gasteiger partial charge in [-0.15, -0.1) is 0 Å². The summed E-state index contributed by atoms with van der Waals surface area (Å²) in [5.74, 6) is -0.763. The van der Waals surface area contributed by atoms with Gasteiger partial charge < -0.3 is 9.80 Å². The zero-order chi connectivity index (χ0) is 19.9. The van der Waals surface area contributed by atoms with Crippen molar-refractivity contribution in [3.05, 3.63) is 60.7 Å². The van der Waals surface area contributed by atoms with E-state index >= 15 is 0 Å². The highest BCUT2D eigenvalue weighted by molar-refractivity contribution is 7.91. The van der Waals surface area contributed by atoms with E-state index in [0.717, 1.165) is 0 Å². The second-order valence-corrected chi connectivity index (χ2v) is 8.47. The Morgan fingerprint density at radius 3 is 1.33 bits per heavy atom. The monoisotopic (exact) mass is 388 g/mol. The number of hydrogen-bond donors (Lipinski definition) is 0. The van der Waals surface area contributed by atoms with Crippen molar-refractivity contribution >= 4 is 33.0 Å². The normalized spacial score (nSPS) is 11.0. The summed E-state index contributed by atoms with van der Waals surface area (Å²) in [7, 11) is -3.44. The molecule has 0 aliphatic rings. The first-order chi connectivity index (χ1) is 12.8. The third kappa shape index (κ3) is 6.21. The average molecular weight is 388 g/mol. The molecule has 0 aliphatic heterocycles. The lowest BCUT2D eigenvalue weighted by Gasteiger charge is -2.23. The van der Waals surface area contributed by atoms with Gasteiger partial charge >= 0.3 is 0 Å². The minimum atomic E-state index is -3.44. The number of nitrogens with zero attached hydrogens (tertiary/aromatic N) is 2. The van der Waals surface area contributed by atoms with E-state index in [4.69, 9.17) is 0 Å². The van der Waals surface area contributed by atoms with Crippen LogP contribution in [0.15, 0.2) is 60.7 Å². The van der Waals surface area contributed by atoms with Crippen LogP contribution in [0.3, 0.4) is 0 Å². The highest BCUT2D eigenvalue weighted by Gasteiger charge is 2.20. The number of sulfone groups is 1. The number of rotatable bonds is 8. The molecular weight excluding hydrogens is 364 g/mol. The molecule has 2 aromatic rings. The Bertz CT molecular complexity index is 800. The van der Waals surface area contributed by atoms with Crippen molar-refractivity contribution in [3.8, 4) is 0 Å². The van der Waals surface area contributed by atoms with Crippen LogP contribution in [-0.4, -0.2) is 44.8 Å². The molecule has 2 amide bonds. The smallest absolute Gasteiger partial charge is 0.223 e. The van der Waals surface area contributed by atoms with Crippen LogP contribution in [0.4, 0.5) is 11.4 Å². The molecule has 0 saturated heterocycles. The van der Waals surface area contributed by atoms with Crippen molar-refractivity contribution in [2.24, 2.45) is 0 Å². The zero-order valence-corrected chi connectivity index (χ0v) is 16.4. The van der Waals surface area contributed by atoms with E-state index in [2.05, 4.69) is 0 Å². The van der Waals surface area contributed by atoms with Crippen molar-refractivity contribution in [1.82, 2.24) is 0 Å². The maximum atomic E-state index is 12.5. The number of carbonyl (C=O) groups is 2. The highest BCUT2D eigenvalue weighted by atomic mass is 32.2. The number of amides is 2. The zero-order valence-electron chi connectivity index (χ0n) is 15.5. The van der Waals surface area contributed by atoms with Crippen LogP contribution in [0.1, 0.15) is 13.8 Å². The van der Waals surface area contributed by atoms with E-state index in [1.807, 2.05) is 12.1 Å². The predicted molar refractivity (Wildman–Crippen MR) is 108 cm³/mol. The summed E-state index contributed by atoms with van der Waals surface area (Å²) < 4.78 is 24.9. The molecule has 0 bridgehead atoms. The van der Waals surface area contributed by atoms with Crippen molar-refractivity contribution in [3.63, 3.8) is 0 Å². The molecule has 0 atom stereocenters. The van der Waals surface area contributed by atoms with Crippen molar-refractivity contribution in [1.29, 1.82) is 0 Å². The third-order valence-electron chi connectivity index (χ3n) is 4.15. The van der Waals surface area contributed by atoms with Gasteiger partial charge in [0, 0.05) is 38.3 Å². The Hall–Kier alpha value is -2.67. The molecule has 2 aromatic carbocycles. The summed E-state index contributed by atoms with van der Waals surface area (Å²) in [4.78, 5) is 26.6. The summed E-state index contributed by atoms with van der Waals surface area (Å²) in [6.07, 6.45) is 0. The van der Waals surface area contributed by atoms with E-state index in [0.29, 0.717) is 11.4 Å². The molecule has 27 heavy (non-hydrogen) atoms. The van der Waals surface area contributed by atoms with Crippen LogP contribution in [0, 0.1) is 0 Å². The Morgan fingerprint density at radius 2 is 1.04 bits per heavy atom. The number of benzene rings is 2. The first kappa shape index (κ1) is 20.6. The number of para-hydroxylation sites is 2. The van der Waals surface area contributed by atoms with E-state index in [-0.39, 0.29) is 36.4 Å². The van der Waals surface area contributed by atoms with Gasteiger partial charge in [-0.3, -0.25) is 9.59 Å². The van der Waals surface area contributed by atoms with E-state index in [1.54, 1.807) is 48.5 Å². The Labute approximate surface area is 160 Å². The van der Waals surface area contributed by atoms with Gasteiger partial charge in [0.2, 0.25) is 11.8 Å². The van der Waals surface area contributed by atoms with Crippen LogP contribution in [0.5, 0.6) is 0 Å². The van der Waals surface area contributed by atoms with Gasteiger partial charge in [-0.25, -0.2) is 8.42 Å². The largest absolute Gasteiger partial charge is 0.312 e. The number of carbonyl (C=O) groups excluding carboxylic acids is 2. The third-order valence-corrected chi connectivity index (χ3v) is 5.76. The molecule has 0 heterocycles. The first-order valence-electron chi connectivity index (χ1n) is 8.67. The molecule has 0 saturated carbocycles. The Balaban J connectivity index is 2.01. The Kier molecular flexibility index (Phi) is 7.12. The van der Waals surface area contributed by atoms with Gasteiger partial charge in [0.1, 0.15) is 0 Å². The fourth-order valence-electron chi connectivity index (χ4n) is 2.72. The van der Waals surface area contributed by atoms with E-state index < -0.39 is 9.84 Å². The summed E-state index contributed by atoms with van der Waals surface area (Å²) in [5.41, 5.74) is 1.32. The van der Waals surface area contributed by atoms with Crippen molar-refractivity contribution in [2.75, 3.05) is 34.4 Å². The van der Waals surface area contributed by atoms with Gasteiger partial charge in [-0.05, 0) is 24.3 Å². The van der Waals surface area contributed by atoms with Gasteiger partial charge in [-0.2, -0.15) is 0 Å². The number of hydrogen-bond acceptors (Lipinski definition) is 4. The first-order valence-corrected chi connectivity index (χ1v) is 10.5. The molecule has 0 spiro atoms. The molecule has 0 fully saturated rings. The van der Waals surface area contributed by atoms with Crippen molar-refractivity contribution in [2.45, 2.75) is 13.8 Å². The second-order valence-electron chi connectivity index (χ2n) is 6.16. The van der Waals surface area contributed by atoms with Gasteiger partial charge in [0.15, 0.2) is 9.84 Å². The maximum absolute atomic E-state index is 12.5. The molecular formula is C20H24N2O4S. The SMILES string of the molecule is CC(=O)N(CCS(=O)(=O)CCN(C(C)=O)c1ccccc1)c1ccccc1. The summed E-state index contributed by atoms with van der Waals surface area (Å²) in [6, 6.07) is 17.9. The predicted octanol–water partition coefficient (Wildman–Crippen LogP) is 2.51. The molecule has 2 rings (SSSR count). The number of anilines is 2. The van der Waals surface area contributed by atoms with Gasteiger partial charge in [0.05, 0.1) is 11.5 Å². The molecule has 0 radical (unpaired) electrons. The van der Waals surface area contributed by atoms with Crippen LogP contribution in [0.25, 0.3) is 0 Å². The lowest BCUT2D eigenvalue weighted by atomic mass is 10.3. The van der Waals surface area contributed by atoms with Crippen LogP contribution in [-0.2, 0) is 19.4 Å². The fraction of sp³-hybridized carbons (Fsp3) is 0.300. The molecule has 0 aliphatic carbocycles. The van der Waals surface area contributed by atoms with Crippen LogP contribution in [0.2, 0.25) is 0 Å². The average Bonchev–Trinajstić information content (AvgIpc) is 2.63. The van der Waals surface area contributed by atoms with E-state index in [1.165, 1.54) is 23.6 Å². The quantitative estimate of drug-likeness (QED) is 0.696. The van der Waals surface area contributed by atoms with Gasteiger partial charge in [-0.1, -0.05) is 36.4 Å². The van der Waals surface area contributed by atoms with Crippen molar-refractivity contribution < 1.29 is 18.0 Å². The van der Waals surface area contributed by atoms with E-state index in [9.17, 15) is 18.0 Å². The Morgan fingerprint density at radius 1 is 0.704 bits per heavy atom. The molecule has 6 nitrogen and oxygen atoms in total. The highest BCUT2D eigenvalue weighted by Crippen LogP contribution is 2.15. The standard InChI is InChI=1S/C20H24N2O4S/c1-17(23)21(19-9-5-3-6-10-19)13-15-27(25,26)16-14-22(18(2)24)20-11-7-4-8-12-20/h3-12H,13-16H2,1-2H3. The lowest BCUT2D eigenvalue weighted by Crippen LogP contribution is -2.37. The molecule has 0 N–H and O–H groups in total. The lowest BCUT2D eigenvalue weighted by molar-refractivity contribution is -0.117.